The summed E-state index contributed by atoms with van der Waals surface area (Å²) in [5.74, 6) is -2.05. The first-order chi connectivity index (χ1) is 10.6. The van der Waals surface area contributed by atoms with Crippen molar-refractivity contribution in [1.29, 1.82) is 0 Å². The summed E-state index contributed by atoms with van der Waals surface area (Å²) in [6.07, 6.45) is 0. The molecule has 0 aliphatic carbocycles. The van der Waals surface area contributed by atoms with E-state index in [1.807, 2.05) is 0 Å². The van der Waals surface area contributed by atoms with Crippen LogP contribution in [0.1, 0.15) is 38.1 Å². The zero-order chi connectivity index (χ0) is 15.7. The Morgan fingerprint density at radius 2 is 1.86 bits per heavy atom. The molecule has 2 aromatic rings. The van der Waals surface area contributed by atoms with E-state index < -0.39 is 17.8 Å². The standard InChI is InChI=1S/C14H11N3O5/c1-2-21-11-7-10(15-16-11)14(20)22-17-12(18)8-5-3-4-6-9(8)13(17)19/h3-7H,2H2,1H3,(H,15,16). The number of fused-ring (bicyclic) bond motifs is 1. The number of benzene rings is 1. The predicted molar refractivity (Wildman–Crippen MR) is 72.1 cm³/mol. The molecule has 0 radical (unpaired) electrons. The zero-order valence-corrected chi connectivity index (χ0v) is 11.5. The van der Waals surface area contributed by atoms with E-state index in [1.165, 1.54) is 18.2 Å². The summed E-state index contributed by atoms with van der Waals surface area (Å²) in [7, 11) is 0. The minimum atomic E-state index is -0.909. The number of aromatic amines is 1. The molecule has 22 heavy (non-hydrogen) atoms. The largest absolute Gasteiger partial charge is 0.477 e. The van der Waals surface area contributed by atoms with E-state index in [9.17, 15) is 14.4 Å². The molecule has 112 valence electrons. The summed E-state index contributed by atoms with van der Waals surface area (Å²) < 4.78 is 5.10. The second kappa shape index (κ2) is 5.32. The fraction of sp³-hybridized carbons (Fsp3) is 0.143. The third-order valence-corrected chi connectivity index (χ3v) is 3.00. The second-order valence-corrected chi connectivity index (χ2v) is 4.38. The first-order valence-electron chi connectivity index (χ1n) is 6.50. The summed E-state index contributed by atoms with van der Waals surface area (Å²) in [6, 6.07) is 7.56. The van der Waals surface area contributed by atoms with Crippen LogP contribution in [0, 0.1) is 0 Å². The number of ether oxygens (including phenoxy) is 1. The summed E-state index contributed by atoms with van der Waals surface area (Å²) >= 11 is 0. The second-order valence-electron chi connectivity index (χ2n) is 4.38. The lowest BCUT2D eigenvalue weighted by atomic mass is 10.1. The van der Waals surface area contributed by atoms with Crippen LogP contribution in [0.4, 0.5) is 0 Å². The molecular formula is C14H11N3O5. The molecule has 1 aliphatic heterocycles. The lowest BCUT2D eigenvalue weighted by Crippen LogP contribution is -2.32. The predicted octanol–water partition coefficient (Wildman–Crippen LogP) is 1.18. The lowest BCUT2D eigenvalue weighted by Gasteiger charge is -2.11. The van der Waals surface area contributed by atoms with Crippen molar-refractivity contribution in [3.8, 4) is 5.88 Å². The molecule has 0 atom stereocenters. The van der Waals surface area contributed by atoms with Gasteiger partial charge in [-0.3, -0.25) is 14.7 Å². The number of aromatic nitrogens is 2. The van der Waals surface area contributed by atoms with E-state index in [0.29, 0.717) is 11.7 Å². The van der Waals surface area contributed by atoms with Gasteiger partial charge in [0, 0.05) is 6.07 Å². The number of carbonyl (C=O) groups excluding carboxylic acids is 3. The molecule has 0 fully saturated rings. The van der Waals surface area contributed by atoms with Gasteiger partial charge in [-0.05, 0) is 19.1 Å². The Morgan fingerprint density at radius 1 is 1.23 bits per heavy atom. The zero-order valence-electron chi connectivity index (χ0n) is 11.5. The summed E-state index contributed by atoms with van der Waals surface area (Å²) in [5.41, 5.74) is 0.361. The van der Waals surface area contributed by atoms with Crippen LogP contribution in [0.15, 0.2) is 30.3 Å². The number of nitrogens with zero attached hydrogens (tertiary/aromatic N) is 2. The maximum absolute atomic E-state index is 12.1. The molecule has 3 rings (SSSR count). The van der Waals surface area contributed by atoms with Gasteiger partial charge in [-0.2, -0.15) is 0 Å². The Balaban J connectivity index is 1.77. The van der Waals surface area contributed by atoms with Crippen molar-refractivity contribution in [3.63, 3.8) is 0 Å². The minimum absolute atomic E-state index is 0.0278. The number of amides is 2. The van der Waals surface area contributed by atoms with Crippen LogP contribution in [0.2, 0.25) is 0 Å². The van der Waals surface area contributed by atoms with Crippen molar-refractivity contribution in [2.24, 2.45) is 0 Å². The van der Waals surface area contributed by atoms with Crippen LogP contribution in [-0.2, 0) is 4.84 Å². The lowest BCUT2D eigenvalue weighted by molar-refractivity contribution is -0.0588. The average molecular weight is 301 g/mol. The fourth-order valence-corrected chi connectivity index (χ4v) is 2.01. The maximum atomic E-state index is 12.1. The van der Waals surface area contributed by atoms with Gasteiger partial charge < -0.3 is 9.57 Å². The highest BCUT2D eigenvalue weighted by atomic mass is 16.7. The Morgan fingerprint density at radius 3 is 2.45 bits per heavy atom. The van der Waals surface area contributed by atoms with Gasteiger partial charge in [-0.15, -0.1) is 5.10 Å². The number of H-pyrrole nitrogens is 1. The smallest absolute Gasteiger partial charge is 0.381 e. The molecule has 0 spiro atoms. The van der Waals surface area contributed by atoms with Crippen molar-refractivity contribution < 1.29 is 24.0 Å². The summed E-state index contributed by atoms with van der Waals surface area (Å²) in [5, 5.41) is 6.60. The topological polar surface area (TPSA) is 102 Å². The van der Waals surface area contributed by atoms with Gasteiger partial charge in [-0.1, -0.05) is 17.2 Å². The van der Waals surface area contributed by atoms with Crippen molar-refractivity contribution >= 4 is 17.8 Å². The van der Waals surface area contributed by atoms with E-state index in [1.54, 1.807) is 19.1 Å². The van der Waals surface area contributed by atoms with Crippen LogP contribution in [0.25, 0.3) is 0 Å². The van der Waals surface area contributed by atoms with Crippen molar-refractivity contribution in [2.45, 2.75) is 6.92 Å². The van der Waals surface area contributed by atoms with Gasteiger partial charge in [-0.25, -0.2) is 4.79 Å². The quantitative estimate of drug-likeness (QED) is 0.851. The number of hydrogen-bond acceptors (Lipinski definition) is 6. The summed E-state index contributed by atoms with van der Waals surface area (Å²) in [4.78, 5) is 40.9. The molecule has 1 aliphatic rings. The van der Waals surface area contributed by atoms with Gasteiger partial charge in [0.1, 0.15) is 5.69 Å². The number of hydrogen-bond donors (Lipinski definition) is 1. The Hall–Kier alpha value is -3.16. The molecule has 2 heterocycles. The van der Waals surface area contributed by atoms with E-state index in [4.69, 9.17) is 9.57 Å². The van der Waals surface area contributed by atoms with Crippen LogP contribution < -0.4 is 4.74 Å². The number of rotatable bonds is 4. The average Bonchev–Trinajstić information content (AvgIpc) is 3.08. The van der Waals surface area contributed by atoms with E-state index in [-0.39, 0.29) is 22.7 Å². The molecule has 2 amide bonds. The van der Waals surface area contributed by atoms with Gasteiger partial charge in [0.15, 0.2) is 0 Å². The van der Waals surface area contributed by atoms with Gasteiger partial charge in [0.25, 0.3) is 11.8 Å². The Bertz CT molecular complexity index is 732. The molecular weight excluding hydrogens is 290 g/mol. The van der Waals surface area contributed by atoms with Crippen LogP contribution in [0.3, 0.4) is 0 Å². The number of hydroxylamine groups is 2. The normalized spacial score (nSPS) is 13.2. The third kappa shape index (κ3) is 2.20. The van der Waals surface area contributed by atoms with Crippen molar-refractivity contribution in [1.82, 2.24) is 15.3 Å². The molecule has 1 aromatic carbocycles. The fourth-order valence-electron chi connectivity index (χ4n) is 2.01. The molecule has 8 nitrogen and oxygen atoms in total. The monoisotopic (exact) mass is 301 g/mol. The SMILES string of the molecule is CCOc1cc(C(=O)ON2C(=O)c3ccccc3C2=O)[nH]n1. The summed E-state index contributed by atoms with van der Waals surface area (Å²) in [6.45, 7) is 2.16. The molecule has 0 unspecified atom stereocenters. The van der Waals surface area contributed by atoms with E-state index >= 15 is 0 Å². The number of nitrogens with one attached hydrogen (secondary N) is 1. The number of carbonyl (C=O) groups is 3. The molecule has 0 bridgehead atoms. The highest BCUT2D eigenvalue weighted by Crippen LogP contribution is 2.23. The Labute approximate surface area is 124 Å². The van der Waals surface area contributed by atoms with Crippen molar-refractivity contribution in [3.05, 3.63) is 47.2 Å². The molecule has 8 heteroatoms. The van der Waals surface area contributed by atoms with Gasteiger partial charge >= 0.3 is 5.97 Å². The van der Waals surface area contributed by atoms with Gasteiger partial charge in [0.2, 0.25) is 5.88 Å². The molecule has 0 saturated heterocycles. The molecule has 1 N–H and O–H groups in total. The first kappa shape index (κ1) is 13.8. The van der Waals surface area contributed by atoms with Crippen LogP contribution in [0.5, 0.6) is 5.88 Å². The highest BCUT2D eigenvalue weighted by molar-refractivity contribution is 6.21. The number of imide groups is 1. The Kier molecular flexibility index (Phi) is 3.34. The van der Waals surface area contributed by atoms with Crippen LogP contribution >= 0.6 is 0 Å². The molecule has 0 saturated carbocycles. The van der Waals surface area contributed by atoms with Crippen LogP contribution in [-0.4, -0.2) is 39.7 Å². The van der Waals surface area contributed by atoms with E-state index in [0.717, 1.165) is 0 Å². The molecule has 1 aromatic heterocycles. The highest BCUT2D eigenvalue weighted by Gasteiger charge is 2.39. The van der Waals surface area contributed by atoms with E-state index in [2.05, 4.69) is 10.2 Å². The van der Waals surface area contributed by atoms with Crippen molar-refractivity contribution in [2.75, 3.05) is 6.61 Å². The maximum Gasteiger partial charge on any atom is 0.381 e. The third-order valence-electron chi connectivity index (χ3n) is 3.00. The van der Waals surface area contributed by atoms with Gasteiger partial charge in [0.05, 0.1) is 17.7 Å². The minimum Gasteiger partial charge on any atom is -0.477 e. The first-order valence-corrected chi connectivity index (χ1v) is 6.50.